The zero-order valence-corrected chi connectivity index (χ0v) is 104. The molecule has 1 fully saturated rings. The number of allylic oxidation sites excluding steroid dienone is 2. The summed E-state index contributed by atoms with van der Waals surface area (Å²) in [7, 11) is 20.6. The maximum atomic E-state index is 9.67. The molecule has 0 saturated carbocycles. The van der Waals surface area contributed by atoms with Crippen molar-refractivity contribution in [2.75, 3.05) is 4.90 Å². The van der Waals surface area contributed by atoms with E-state index < -0.39 is 66.9 Å². The summed E-state index contributed by atoms with van der Waals surface area (Å²) in [5.74, 6) is 3.42. The maximum absolute atomic E-state index is 9.67. The largest absolute Gasteiger partial charge is 1.00 e. The summed E-state index contributed by atoms with van der Waals surface area (Å²) >= 11 is 0.00912. The Morgan fingerprint density at radius 1 is 0.463 bits per heavy atom. The summed E-state index contributed by atoms with van der Waals surface area (Å²) in [5.41, 5.74) is 16.2. The first-order chi connectivity index (χ1) is 69.1. The summed E-state index contributed by atoms with van der Waals surface area (Å²) in [5, 5.41) is 14.1. The van der Waals surface area contributed by atoms with E-state index in [1.165, 1.54) is 122 Å². The summed E-state index contributed by atoms with van der Waals surface area (Å²) in [6.07, 6.45) is 11.4. The Labute approximate surface area is 948 Å². The van der Waals surface area contributed by atoms with Crippen LogP contribution in [0.15, 0.2) is 358 Å². The van der Waals surface area contributed by atoms with Gasteiger partial charge in [0.25, 0.3) is 0 Å². The van der Waals surface area contributed by atoms with Crippen molar-refractivity contribution >= 4 is 180 Å². The Balaban J connectivity index is 0.000000300. The van der Waals surface area contributed by atoms with Crippen LogP contribution in [0.2, 0.25) is 39.3 Å². The molecule has 2 heterocycles. The fraction of sp³-hybridized carbons (Fsp3) is 0.302. The van der Waals surface area contributed by atoms with Gasteiger partial charge in [0, 0.05) is 53.4 Å². The summed E-state index contributed by atoms with van der Waals surface area (Å²) in [4.78, 5) is 2.58. The first-order valence-electron chi connectivity index (χ1n) is 50.0. The molecule has 23 heteroatoms. The van der Waals surface area contributed by atoms with Crippen LogP contribution in [0.25, 0.3) is 37.8 Å². The molecule has 5 nitrogen and oxygen atoms in total. The zero-order chi connectivity index (χ0) is 107. The third-order valence-corrected chi connectivity index (χ3v) is 39.6. The number of benzene rings is 14. The molecule has 0 atom stereocenters. The van der Waals surface area contributed by atoms with Gasteiger partial charge in [0.15, 0.2) is 11.8 Å². The van der Waals surface area contributed by atoms with E-state index >= 15 is 0 Å². The number of halogens is 9. The molecule has 14 aromatic rings. The Hall–Kier alpha value is -7.26. The van der Waals surface area contributed by atoms with E-state index in [1.807, 2.05) is 112 Å². The monoisotopic (exact) mass is 2400 g/mol. The predicted octanol–water partition coefficient (Wildman–Crippen LogP) is 30.7. The number of hydrogen-bond acceptors (Lipinski definition) is 3. The second-order valence-electron chi connectivity index (χ2n) is 42.5. The minimum Gasteiger partial charge on any atom is -1.00 e. The topological polar surface area (TPSA) is 38.8 Å². The van der Waals surface area contributed by atoms with E-state index in [1.54, 1.807) is 0 Å². The molecule has 0 radical (unpaired) electrons. The first kappa shape index (κ1) is 132. The van der Waals surface area contributed by atoms with Gasteiger partial charge in [-0.25, -0.2) is 6.54 Å². The number of rotatable bonds is 20. The fourth-order valence-electron chi connectivity index (χ4n) is 18.8. The standard InChI is InChI=1S/C24H34N.C22H30N.2C18H15P.C15H10.C12H16O.C10H12O.C6H18NSi2.CH4.BF3.5ClH.Cu.FH.Li.2Ru/c1-16(2)19-10-9-18-11-12-20(17(3)4)22(21(18)13-19)25-15-23(5,6)14-24(25,7)8;1-15(2)18-11-10-17-9-8-16(3)20(19(17)12-18)23-14-21(4,5)13-22(23,6)7;2*1-4-10-16(11-5-1)19(17-12-6-2-7-13-17)18-14-8-3-9-15-18;1-2-6-12(7-3-1)15-11-10-13-8-4-5-9-14(13)15;1-4-7-11-8-5-6-9-12(11)13-10(2)3;1-8(2)11-10-7-5-4-6-9(10)3;1-8(2,3)7-9(4,5)6;;2-1(3)4;;;;;;;;;;/h9-13,15-17H,14H2,1-8H3;8-12,14-15H,13H2,1-7H3;2*1-15H;1-9,11H;4-10H,1-3H3;3-8H,1-2H3;1-6H3;1H4;;5*1H;;1H;;;/q-1;+1;;;;;;-1;;;;;;;;+1;;+1;2*+2/p-4. The number of para-hydroxylation sites is 2. The van der Waals surface area contributed by atoms with Gasteiger partial charge in [-0.3, -0.25) is 12.9 Å². The number of anilines is 1. The Bertz CT molecular complexity index is 6240. The zero-order valence-electron chi connectivity index (χ0n) is 91.3. The fourth-order valence-corrected chi connectivity index (χ4v) is 36.3. The normalized spacial score (nSPS) is 13.8. The molecule has 798 valence electrons. The molecule has 0 bridgehead atoms. The third-order valence-electron chi connectivity index (χ3n) is 23.8. The van der Waals surface area contributed by atoms with Crippen molar-refractivity contribution in [1.29, 1.82) is 0 Å². The van der Waals surface area contributed by atoms with Crippen LogP contribution in [0, 0.1) is 24.3 Å². The van der Waals surface area contributed by atoms with Gasteiger partial charge < -0.3 is 19.0 Å². The SMILES string of the molecule is C.CC(C)Oc1ccccc1[CH]=[Ru]([Cl])[Cl].CC(C)c1ccc2ccc(C(C)C)c(N3[CH-]C(C)(C)CC3(C)C)c2c1.CC=Cc1ccccc1OC(C)C.C[Si](C)(C)[N-][Si](C)(C)C.Cc1ccc2ccc(C(C)C)cc2c1[N+]1=CC(C)(C)CC1(C)C.FB(F)F.[Cl][Cu].[Cl][Ru]([Cl])=[C]1C=C(c2ccccc2)c2ccccc21.[F-].[Li+].c1ccc([PH+](c2ccccc2)c2ccccc2)cc1.c1ccc([PH+](c2ccccc2)c2ccccc2)cc1. The number of aryl methyl sites for hydroxylation is 1. The molecule has 1 aliphatic carbocycles. The Kier molecular flexibility index (Phi) is 56.5. The molecule has 0 aromatic heterocycles. The maximum Gasteiger partial charge on any atom is 1.00 e. The van der Waals surface area contributed by atoms with Crippen molar-refractivity contribution in [2.45, 2.75) is 239 Å². The van der Waals surface area contributed by atoms with Crippen molar-refractivity contribution in [2.24, 2.45) is 10.8 Å². The van der Waals surface area contributed by atoms with Gasteiger partial charge in [0.1, 0.15) is 37.6 Å². The van der Waals surface area contributed by atoms with E-state index in [0.717, 1.165) is 26.7 Å². The Morgan fingerprint density at radius 3 is 1.15 bits per heavy atom. The van der Waals surface area contributed by atoms with Gasteiger partial charge in [-0.05, 0) is 178 Å². The van der Waals surface area contributed by atoms with Gasteiger partial charge >= 0.3 is 269 Å². The summed E-state index contributed by atoms with van der Waals surface area (Å²) in [6, 6.07) is 123. The number of fused-ring (bicyclic) bond motifs is 3. The van der Waals surface area contributed by atoms with Crippen molar-refractivity contribution in [3.63, 3.8) is 0 Å². The summed E-state index contributed by atoms with van der Waals surface area (Å²) in [6.45, 7) is 61.2. The molecular formula is C126H156BCl5CuF4LiN3O2P2Ru2Si2+. The minimum absolute atomic E-state index is 0. The average molecular weight is 2400 g/mol. The molecule has 1 saturated heterocycles. The van der Waals surface area contributed by atoms with Crippen LogP contribution in [-0.2, 0) is 42.1 Å². The molecule has 0 N–H and O–H groups in total. The molecule has 0 unspecified atom stereocenters. The van der Waals surface area contributed by atoms with E-state index in [0.29, 0.717) is 17.8 Å². The Morgan fingerprint density at radius 2 is 0.812 bits per heavy atom. The molecule has 3 aliphatic rings. The molecular weight excluding hydrogens is 2240 g/mol. The van der Waals surface area contributed by atoms with Crippen LogP contribution in [0.3, 0.4) is 0 Å². The number of nitrogens with zero attached hydrogens (tertiary/aromatic N) is 3. The van der Waals surface area contributed by atoms with Crippen molar-refractivity contribution in [3.05, 3.63) is 419 Å². The summed E-state index contributed by atoms with van der Waals surface area (Å²) < 4.78 is 50.6. The molecule has 149 heavy (non-hydrogen) atoms. The van der Waals surface area contributed by atoms with E-state index in [4.69, 9.17) is 52.9 Å². The third kappa shape index (κ3) is 42.4. The molecule has 17 rings (SSSR count). The predicted molar refractivity (Wildman–Crippen MR) is 649 cm³/mol. The average Bonchev–Trinajstić information content (AvgIpc) is 1.61. The molecule has 14 aromatic carbocycles. The van der Waals surface area contributed by atoms with Gasteiger partial charge in [0.2, 0.25) is 5.69 Å². The molecule has 2 aliphatic heterocycles. The van der Waals surface area contributed by atoms with E-state index in [9.17, 15) is 12.9 Å². The van der Waals surface area contributed by atoms with Crippen LogP contribution >= 0.6 is 64.7 Å². The molecule has 0 amide bonds. The van der Waals surface area contributed by atoms with Crippen LogP contribution < -0.4 is 69.8 Å². The quantitative estimate of drug-likeness (QED) is 0.0251. The second-order valence-corrected chi connectivity index (χ2v) is 68.5. The second kappa shape index (κ2) is 63.7. The first-order valence-corrected chi connectivity index (χ1v) is 72.0. The van der Waals surface area contributed by atoms with Crippen LogP contribution in [0.5, 0.6) is 11.5 Å². The van der Waals surface area contributed by atoms with Crippen molar-refractivity contribution in [1.82, 2.24) is 0 Å². The van der Waals surface area contributed by atoms with E-state index in [2.05, 4.69) is 482 Å². The van der Waals surface area contributed by atoms with Crippen LogP contribution in [0.1, 0.15) is 220 Å². The van der Waals surface area contributed by atoms with Crippen molar-refractivity contribution < 1.29 is 92.7 Å². The van der Waals surface area contributed by atoms with E-state index in [-0.39, 0.29) is 65.1 Å². The number of hydrogen-bond donors (Lipinski definition) is 0. The van der Waals surface area contributed by atoms with Gasteiger partial charge in [-0.2, -0.15) is 4.58 Å². The smallest absolute Gasteiger partial charge is 1.00 e. The minimum atomic E-state index is -3.67. The van der Waals surface area contributed by atoms with Gasteiger partial charge in [-0.15, -0.1) is 5.41 Å². The molecule has 0 spiro atoms. The van der Waals surface area contributed by atoms with Gasteiger partial charge in [0.05, 0.1) is 27.3 Å². The van der Waals surface area contributed by atoms with Crippen LogP contribution in [-0.4, -0.2) is 66.8 Å². The number of ether oxygens (including phenoxy) is 2. The van der Waals surface area contributed by atoms with Crippen LogP contribution in [0.4, 0.5) is 24.3 Å². The van der Waals surface area contributed by atoms with Crippen molar-refractivity contribution in [3.8, 4) is 11.5 Å². The van der Waals surface area contributed by atoms with Gasteiger partial charge in [-0.1, -0.05) is 327 Å².